The molecule has 3 aromatic rings. The van der Waals surface area contributed by atoms with E-state index in [0.29, 0.717) is 36.5 Å². The third-order valence-corrected chi connectivity index (χ3v) is 7.14. The van der Waals surface area contributed by atoms with Gasteiger partial charge in [-0.15, -0.1) is 0 Å². The van der Waals surface area contributed by atoms with Crippen molar-refractivity contribution in [3.63, 3.8) is 0 Å². The SMILES string of the molecule is Cc1ccc(S(=O)(=O)N2CCC(NC(=O)c3cc4ccccc4[nH]3)CC2)cc1. The fourth-order valence-electron chi connectivity index (χ4n) is 3.56. The number of amides is 1. The number of benzene rings is 2. The van der Waals surface area contributed by atoms with Crippen LogP contribution in [0, 0.1) is 6.92 Å². The molecule has 0 unspecified atom stereocenters. The molecule has 6 nitrogen and oxygen atoms in total. The molecule has 1 aromatic heterocycles. The quantitative estimate of drug-likeness (QED) is 0.710. The van der Waals surface area contributed by atoms with Gasteiger partial charge in [0.25, 0.3) is 5.91 Å². The minimum absolute atomic E-state index is 0.0385. The maximum Gasteiger partial charge on any atom is 0.267 e. The van der Waals surface area contributed by atoms with E-state index in [-0.39, 0.29) is 11.9 Å². The molecule has 4 rings (SSSR count). The largest absolute Gasteiger partial charge is 0.351 e. The number of aromatic nitrogens is 1. The van der Waals surface area contributed by atoms with Gasteiger partial charge in [0.05, 0.1) is 4.90 Å². The molecule has 28 heavy (non-hydrogen) atoms. The predicted octanol–water partition coefficient (Wildman–Crippen LogP) is 3.06. The minimum atomic E-state index is -3.49. The highest BCUT2D eigenvalue weighted by atomic mass is 32.2. The van der Waals surface area contributed by atoms with Crippen molar-refractivity contribution in [3.05, 3.63) is 65.9 Å². The predicted molar refractivity (Wildman–Crippen MR) is 109 cm³/mol. The molecule has 0 bridgehead atoms. The molecule has 2 aromatic carbocycles. The van der Waals surface area contributed by atoms with Crippen molar-refractivity contribution in [1.29, 1.82) is 0 Å². The van der Waals surface area contributed by atoms with Crippen LogP contribution in [0.15, 0.2) is 59.5 Å². The van der Waals surface area contributed by atoms with Crippen LogP contribution in [0.3, 0.4) is 0 Å². The Morgan fingerprint density at radius 2 is 1.75 bits per heavy atom. The van der Waals surface area contributed by atoms with E-state index in [1.807, 2.05) is 37.3 Å². The van der Waals surface area contributed by atoms with E-state index in [4.69, 9.17) is 0 Å². The summed E-state index contributed by atoms with van der Waals surface area (Å²) in [5.74, 6) is -0.156. The Hall–Kier alpha value is -2.64. The van der Waals surface area contributed by atoms with Crippen LogP contribution < -0.4 is 5.32 Å². The molecule has 1 aliphatic rings. The van der Waals surface area contributed by atoms with Gasteiger partial charge in [0.1, 0.15) is 5.69 Å². The van der Waals surface area contributed by atoms with Crippen molar-refractivity contribution in [2.45, 2.75) is 30.7 Å². The molecule has 0 radical (unpaired) electrons. The van der Waals surface area contributed by atoms with Crippen molar-refractivity contribution < 1.29 is 13.2 Å². The monoisotopic (exact) mass is 397 g/mol. The van der Waals surface area contributed by atoms with Gasteiger partial charge in [-0.1, -0.05) is 35.9 Å². The smallest absolute Gasteiger partial charge is 0.267 e. The molecule has 2 heterocycles. The maximum atomic E-state index is 12.8. The number of nitrogens with one attached hydrogen (secondary N) is 2. The van der Waals surface area contributed by atoms with E-state index >= 15 is 0 Å². The second-order valence-corrected chi connectivity index (χ2v) is 9.17. The van der Waals surface area contributed by atoms with E-state index < -0.39 is 10.0 Å². The molecule has 0 saturated carbocycles. The lowest BCUT2D eigenvalue weighted by atomic mass is 10.1. The number of hydrogen-bond acceptors (Lipinski definition) is 3. The van der Waals surface area contributed by atoms with Gasteiger partial charge in [-0.25, -0.2) is 8.42 Å². The Bertz CT molecular complexity index is 1060. The summed E-state index contributed by atoms with van der Waals surface area (Å²) in [7, 11) is -3.49. The molecule has 1 saturated heterocycles. The number of aromatic amines is 1. The molecular formula is C21H23N3O3S. The standard InChI is InChI=1S/C21H23N3O3S/c1-15-6-8-18(9-7-15)28(26,27)24-12-10-17(11-13-24)22-21(25)20-14-16-4-2-3-5-19(16)23-20/h2-9,14,17,23H,10-13H2,1H3,(H,22,25). The molecule has 1 fully saturated rings. The number of aryl methyl sites for hydroxylation is 1. The fourth-order valence-corrected chi connectivity index (χ4v) is 5.03. The van der Waals surface area contributed by atoms with Gasteiger partial charge >= 0.3 is 0 Å². The summed E-state index contributed by atoms with van der Waals surface area (Å²) >= 11 is 0. The van der Waals surface area contributed by atoms with Crippen LogP contribution in [0.1, 0.15) is 28.9 Å². The zero-order valence-corrected chi connectivity index (χ0v) is 16.5. The lowest BCUT2D eigenvalue weighted by Gasteiger charge is -2.31. The van der Waals surface area contributed by atoms with Gasteiger partial charge < -0.3 is 10.3 Å². The van der Waals surface area contributed by atoms with Crippen molar-refractivity contribution in [1.82, 2.24) is 14.6 Å². The molecule has 0 spiro atoms. The van der Waals surface area contributed by atoms with Gasteiger partial charge in [0, 0.05) is 30.0 Å². The number of piperidine rings is 1. The topological polar surface area (TPSA) is 82.3 Å². The number of nitrogens with zero attached hydrogens (tertiary/aromatic N) is 1. The van der Waals surface area contributed by atoms with Crippen molar-refractivity contribution >= 4 is 26.8 Å². The Balaban J connectivity index is 1.38. The Labute approximate surface area is 164 Å². The van der Waals surface area contributed by atoms with Crippen molar-refractivity contribution in [3.8, 4) is 0 Å². The first kappa shape index (κ1) is 18.7. The average Bonchev–Trinajstić information content (AvgIpc) is 3.13. The van der Waals surface area contributed by atoms with E-state index in [0.717, 1.165) is 16.5 Å². The normalized spacial score (nSPS) is 16.3. The number of carbonyl (C=O) groups excluding carboxylic acids is 1. The summed E-state index contributed by atoms with van der Waals surface area (Å²) in [6, 6.07) is 16.4. The maximum absolute atomic E-state index is 12.8. The molecule has 146 valence electrons. The van der Waals surface area contributed by atoms with Crippen molar-refractivity contribution in [2.75, 3.05) is 13.1 Å². The van der Waals surface area contributed by atoms with Gasteiger partial charge in [-0.2, -0.15) is 4.31 Å². The van der Waals surface area contributed by atoms with E-state index in [2.05, 4.69) is 10.3 Å². The Morgan fingerprint density at radius 3 is 2.43 bits per heavy atom. The molecule has 7 heteroatoms. The number of H-pyrrole nitrogens is 1. The lowest BCUT2D eigenvalue weighted by Crippen LogP contribution is -2.46. The van der Waals surface area contributed by atoms with Gasteiger partial charge in [-0.05, 0) is 44.0 Å². The summed E-state index contributed by atoms with van der Waals surface area (Å²) in [5.41, 5.74) is 2.47. The lowest BCUT2D eigenvalue weighted by molar-refractivity contribution is 0.0919. The number of hydrogen-bond donors (Lipinski definition) is 2. The minimum Gasteiger partial charge on any atom is -0.351 e. The molecule has 1 amide bonds. The van der Waals surface area contributed by atoms with Gasteiger partial charge in [0.2, 0.25) is 10.0 Å². The zero-order valence-electron chi connectivity index (χ0n) is 15.7. The summed E-state index contributed by atoms with van der Waals surface area (Å²) in [5, 5.41) is 4.02. The summed E-state index contributed by atoms with van der Waals surface area (Å²) in [6.07, 6.45) is 1.19. The third kappa shape index (κ3) is 3.68. The first-order valence-corrected chi connectivity index (χ1v) is 10.8. The Morgan fingerprint density at radius 1 is 1.07 bits per heavy atom. The van der Waals surface area contributed by atoms with Crippen molar-refractivity contribution in [2.24, 2.45) is 0 Å². The number of para-hydroxylation sites is 1. The van der Waals surface area contributed by atoms with Crippen LogP contribution in [-0.4, -0.2) is 42.7 Å². The highest BCUT2D eigenvalue weighted by molar-refractivity contribution is 7.89. The second-order valence-electron chi connectivity index (χ2n) is 7.24. The average molecular weight is 398 g/mol. The number of sulfonamides is 1. The van der Waals surface area contributed by atoms with Gasteiger partial charge in [0.15, 0.2) is 0 Å². The van der Waals surface area contributed by atoms with Crippen LogP contribution >= 0.6 is 0 Å². The first-order chi connectivity index (χ1) is 13.4. The van der Waals surface area contributed by atoms with Crippen LogP contribution in [0.4, 0.5) is 0 Å². The molecule has 0 aliphatic carbocycles. The summed E-state index contributed by atoms with van der Waals surface area (Å²) in [4.78, 5) is 16.0. The van der Waals surface area contributed by atoms with Crippen LogP contribution in [-0.2, 0) is 10.0 Å². The van der Waals surface area contributed by atoms with Crippen LogP contribution in [0.25, 0.3) is 10.9 Å². The number of rotatable bonds is 4. The molecule has 0 atom stereocenters. The molecule has 1 aliphatic heterocycles. The highest BCUT2D eigenvalue weighted by Crippen LogP contribution is 2.22. The summed E-state index contributed by atoms with van der Waals surface area (Å²) < 4.78 is 27.1. The van der Waals surface area contributed by atoms with Crippen LogP contribution in [0.5, 0.6) is 0 Å². The first-order valence-electron chi connectivity index (χ1n) is 9.39. The van der Waals surface area contributed by atoms with E-state index in [1.54, 1.807) is 24.3 Å². The van der Waals surface area contributed by atoms with E-state index in [9.17, 15) is 13.2 Å². The zero-order chi connectivity index (χ0) is 19.7. The third-order valence-electron chi connectivity index (χ3n) is 5.22. The molecule has 2 N–H and O–H groups in total. The second kappa shape index (κ2) is 7.41. The Kier molecular flexibility index (Phi) is 4.95. The number of fused-ring (bicyclic) bond motifs is 1. The molecular weight excluding hydrogens is 374 g/mol. The van der Waals surface area contributed by atoms with Gasteiger partial charge in [-0.3, -0.25) is 4.79 Å². The highest BCUT2D eigenvalue weighted by Gasteiger charge is 2.30. The summed E-state index contributed by atoms with van der Waals surface area (Å²) in [6.45, 7) is 2.72. The van der Waals surface area contributed by atoms with Crippen LogP contribution in [0.2, 0.25) is 0 Å². The fraction of sp³-hybridized carbons (Fsp3) is 0.286. The van der Waals surface area contributed by atoms with E-state index in [1.165, 1.54) is 4.31 Å². The number of carbonyl (C=O) groups is 1.